The molecule has 0 aliphatic rings. The average molecular weight is 293 g/mol. The summed E-state index contributed by atoms with van der Waals surface area (Å²) in [5.74, 6) is -4.05. The molecule has 0 aliphatic heterocycles. The van der Waals surface area contributed by atoms with Crippen molar-refractivity contribution in [1.29, 1.82) is 0 Å². The first-order chi connectivity index (χ1) is 9.88. The van der Waals surface area contributed by atoms with Crippen LogP contribution in [0.3, 0.4) is 0 Å². The van der Waals surface area contributed by atoms with Crippen molar-refractivity contribution in [3.63, 3.8) is 0 Å². The van der Waals surface area contributed by atoms with E-state index in [0.29, 0.717) is 0 Å². The summed E-state index contributed by atoms with van der Waals surface area (Å²) in [6.07, 6.45) is 0. The van der Waals surface area contributed by atoms with Gasteiger partial charge in [-0.05, 0) is 37.3 Å². The van der Waals surface area contributed by atoms with Crippen LogP contribution in [0.5, 0.6) is 0 Å². The number of carbonyl (C=O) groups is 2. The van der Waals surface area contributed by atoms with Gasteiger partial charge < -0.3 is 5.32 Å². The Labute approximate surface area is 118 Å². The molecule has 21 heavy (non-hydrogen) atoms. The Morgan fingerprint density at radius 2 is 1.57 bits per heavy atom. The molecular formula is C15H10F3NO2. The van der Waals surface area contributed by atoms with Gasteiger partial charge in [0.1, 0.15) is 5.82 Å². The second kappa shape index (κ2) is 5.78. The SMILES string of the molecule is CC(=O)c1cc(C(=O)Nc2ccc(F)c(F)c2)ccc1F. The van der Waals surface area contributed by atoms with Gasteiger partial charge in [-0.15, -0.1) is 0 Å². The Balaban J connectivity index is 2.26. The highest BCUT2D eigenvalue weighted by molar-refractivity contribution is 6.06. The van der Waals surface area contributed by atoms with Crippen LogP contribution in [-0.4, -0.2) is 11.7 Å². The first-order valence-electron chi connectivity index (χ1n) is 5.95. The van der Waals surface area contributed by atoms with E-state index in [1.54, 1.807) is 0 Å². The van der Waals surface area contributed by atoms with Crippen LogP contribution in [0, 0.1) is 17.5 Å². The lowest BCUT2D eigenvalue weighted by Crippen LogP contribution is -2.13. The van der Waals surface area contributed by atoms with E-state index < -0.39 is 29.1 Å². The van der Waals surface area contributed by atoms with Gasteiger partial charge in [-0.1, -0.05) is 0 Å². The zero-order valence-electron chi connectivity index (χ0n) is 10.9. The fourth-order valence-electron chi connectivity index (χ4n) is 1.71. The van der Waals surface area contributed by atoms with Crippen LogP contribution in [-0.2, 0) is 0 Å². The van der Waals surface area contributed by atoms with Gasteiger partial charge in [-0.2, -0.15) is 0 Å². The summed E-state index contributed by atoms with van der Waals surface area (Å²) in [6, 6.07) is 6.17. The highest BCUT2D eigenvalue weighted by atomic mass is 19.2. The van der Waals surface area contributed by atoms with Gasteiger partial charge in [-0.3, -0.25) is 9.59 Å². The van der Waals surface area contributed by atoms with Crippen molar-refractivity contribution in [3.8, 4) is 0 Å². The number of hydrogen-bond donors (Lipinski definition) is 1. The summed E-state index contributed by atoms with van der Waals surface area (Å²) in [4.78, 5) is 23.2. The van der Waals surface area contributed by atoms with Gasteiger partial charge in [0, 0.05) is 17.3 Å². The maximum atomic E-state index is 13.4. The number of Topliss-reactive ketones (excluding diaryl/α,β-unsaturated/α-hetero) is 1. The van der Waals surface area contributed by atoms with Crippen molar-refractivity contribution < 1.29 is 22.8 Å². The van der Waals surface area contributed by atoms with Crippen LogP contribution in [0.25, 0.3) is 0 Å². The maximum absolute atomic E-state index is 13.4. The van der Waals surface area contributed by atoms with E-state index in [0.717, 1.165) is 24.3 Å². The molecule has 0 bridgehead atoms. The number of nitrogens with one attached hydrogen (secondary N) is 1. The van der Waals surface area contributed by atoms with Crippen molar-refractivity contribution in [3.05, 3.63) is 65.0 Å². The monoisotopic (exact) mass is 293 g/mol. The minimum Gasteiger partial charge on any atom is -0.322 e. The van der Waals surface area contributed by atoms with Gasteiger partial charge in [-0.25, -0.2) is 13.2 Å². The van der Waals surface area contributed by atoms with E-state index in [-0.39, 0.29) is 16.8 Å². The quantitative estimate of drug-likeness (QED) is 0.879. The summed E-state index contributed by atoms with van der Waals surface area (Å²) in [5, 5.41) is 2.33. The van der Waals surface area contributed by atoms with E-state index in [1.165, 1.54) is 19.1 Å². The Morgan fingerprint density at radius 3 is 2.19 bits per heavy atom. The van der Waals surface area contributed by atoms with E-state index >= 15 is 0 Å². The largest absolute Gasteiger partial charge is 0.322 e. The number of benzene rings is 2. The predicted molar refractivity (Wildman–Crippen MR) is 70.7 cm³/mol. The normalized spacial score (nSPS) is 10.3. The van der Waals surface area contributed by atoms with Crippen LogP contribution in [0.2, 0.25) is 0 Å². The van der Waals surface area contributed by atoms with Crippen molar-refractivity contribution >= 4 is 17.4 Å². The third-order valence-corrected chi connectivity index (χ3v) is 2.79. The molecule has 0 radical (unpaired) electrons. The molecule has 2 rings (SSSR count). The Hall–Kier alpha value is -2.63. The number of ketones is 1. The zero-order chi connectivity index (χ0) is 15.6. The summed E-state index contributed by atoms with van der Waals surface area (Å²) in [6.45, 7) is 1.18. The molecule has 0 unspecified atom stereocenters. The molecule has 3 nitrogen and oxygen atoms in total. The predicted octanol–water partition coefficient (Wildman–Crippen LogP) is 3.56. The van der Waals surface area contributed by atoms with Crippen molar-refractivity contribution in [1.82, 2.24) is 0 Å². The van der Waals surface area contributed by atoms with Crippen molar-refractivity contribution in [2.24, 2.45) is 0 Å². The standard InChI is InChI=1S/C15H10F3NO2/c1-8(20)11-6-9(2-4-12(11)16)15(21)19-10-3-5-13(17)14(18)7-10/h2-7H,1H3,(H,19,21). The van der Waals surface area contributed by atoms with Crippen LogP contribution in [0.1, 0.15) is 27.6 Å². The molecule has 0 heterocycles. The topological polar surface area (TPSA) is 46.2 Å². The van der Waals surface area contributed by atoms with E-state index in [1.807, 2.05) is 0 Å². The van der Waals surface area contributed by atoms with Crippen LogP contribution < -0.4 is 5.32 Å². The molecule has 0 aliphatic carbocycles. The molecule has 0 saturated carbocycles. The molecule has 0 saturated heterocycles. The first-order valence-corrected chi connectivity index (χ1v) is 5.95. The molecule has 6 heteroatoms. The molecule has 0 aromatic heterocycles. The molecule has 0 spiro atoms. The number of amides is 1. The average Bonchev–Trinajstić information content (AvgIpc) is 2.43. The third kappa shape index (κ3) is 3.28. The highest BCUT2D eigenvalue weighted by Crippen LogP contribution is 2.16. The lowest BCUT2D eigenvalue weighted by Gasteiger charge is -2.07. The minimum absolute atomic E-state index is 0.0336. The fraction of sp³-hybridized carbons (Fsp3) is 0.0667. The van der Waals surface area contributed by atoms with Crippen molar-refractivity contribution in [2.45, 2.75) is 6.92 Å². The molecule has 2 aromatic carbocycles. The smallest absolute Gasteiger partial charge is 0.255 e. The molecule has 1 N–H and O–H groups in total. The number of halogens is 3. The molecule has 108 valence electrons. The lowest BCUT2D eigenvalue weighted by molar-refractivity contribution is 0.101. The van der Waals surface area contributed by atoms with Crippen molar-refractivity contribution in [2.75, 3.05) is 5.32 Å². The highest BCUT2D eigenvalue weighted by Gasteiger charge is 2.13. The Morgan fingerprint density at radius 1 is 0.905 bits per heavy atom. The molecule has 1 amide bonds. The van der Waals surface area contributed by atoms with E-state index in [4.69, 9.17) is 0 Å². The third-order valence-electron chi connectivity index (χ3n) is 2.79. The minimum atomic E-state index is -1.10. The van der Waals surface area contributed by atoms with Gasteiger partial charge in [0.2, 0.25) is 0 Å². The molecule has 2 aromatic rings. The van der Waals surface area contributed by atoms with Crippen LogP contribution in [0.4, 0.5) is 18.9 Å². The summed E-state index contributed by atoms with van der Waals surface area (Å²) >= 11 is 0. The summed E-state index contributed by atoms with van der Waals surface area (Å²) < 4.78 is 39.2. The van der Waals surface area contributed by atoms with Crippen LogP contribution >= 0.6 is 0 Å². The molecule has 0 atom stereocenters. The zero-order valence-corrected chi connectivity index (χ0v) is 10.9. The van der Waals surface area contributed by atoms with Gasteiger partial charge >= 0.3 is 0 Å². The summed E-state index contributed by atoms with van der Waals surface area (Å²) in [7, 11) is 0. The number of anilines is 1. The first kappa shape index (κ1) is 14.8. The number of rotatable bonds is 3. The lowest BCUT2D eigenvalue weighted by atomic mass is 10.1. The molecular weight excluding hydrogens is 283 g/mol. The van der Waals surface area contributed by atoms with Crippen LogP contribution in [0.15, 0.2) is 36.4 Å². The molecule has 0 fully saturated rings. The number of hydrogen-bond acceptors (Lipinski definition) is 2. The van der Waals surface area contributed by atoms with E-state index in [2.05, 4.69) is 5.32 Å². The second-order valence-electron chi connectivity index (χ2n) is 4.33. The second-order valence-corrected chi connectivity index (χ2v) is 4.33. The fourth-order valence-corrected chi connectivity index (χ4v) is 1.71. The van der Waals surface area contributed by atoms with Gasteiger partial charge in [0.15, 0.2) is 17.4 Å². The van der Waals surface area contributed by atoms with Gasteiger partial charge in [0.05, 0.1) is 5.56 Å². The summed E-state index contributed by atoms with van der Waals surface area (Å²) in [5.41, 5.74) is -0.133. The number of carbonyl (C=O) groups excluding carboxylic acids is 2. The Kier molecular flexibility index (Phi) is 4.07. The Bertz CT molecular complexity index is 729. The van der Waals surface area contributed by atoms with Gasteiger partial charge in [0.25, 0.3) is 5.91 Å². The maximum Gasteiger partial charge on any atom is 0.255 e. The van der Waals surface area contributed by atoms with E-state index in [9.17, 15) is 22.8 Å².